The van der Waals surface area contributed by atoms with Crippen molar-refractivity contribution in [3.05, 3.63) is 64.1 Å². The smallest absolute Gasteiger partial charge is 0.275 e. The second-order valence-electron chi connectivity index (χ2n) is 7.14. The summed E-state index contributed by atoms with van der Waals surface area (Å²) in [6, 6.07) is 16.6. The number of hydrogen-bond acceptors (Lipinski definition) is 2. The molecule has 0 saturated heterocycles. The summed E-state index contributed by atoms with van der Waals surface area (Å²) in [6.45, 7) is 3.73. The highest BCUT2D eigenvalue weighted by atomic mass is 79.9. The van der Waals surface area contributed by atoms with Gasteiger partial charge in [0.25, 0.3) is 11.6 Å². The van der Waals surface area contributed by atoms with E-state index >= 15 is 0 Å². The highest BCUT2D eigenvalue weighted by Gasteiger charge is 2.53. The van der Waals surface area contributed by atoms with Gasteiger partial charge in [-0.3, -0.25) is 4.58 Å². The molecule has 0 bridgehead atoms. The first-order valence-electron chi connectivity index (χ1n) is 9.04. The van der Waals surface area contributed by atoms with Crippen LogP contribution < -0.4 is 4.90 Å². The molecule has 25 heavy (non-hydrogen) atoms. The Morgan fingerprint density at radius 3 is 2.44 bits per heavy atom. The summed E-state index contributed by atoms with van der Waals surface area (Å²) >= 11 is 3.52. The van der Waals surface area contributed by atoms with Gasteiger partial charge in [0.05, 0.1) is 6.54 Å². The average Bonchev–Trinajstić information content (AvgIpc) is 2.74. The normalized spacial score (nSPS) is 23.6. The SMILES string of the molecule is Cc1ccc([C@@]2(O)C[N+]3=C(CCCCC3)N2c2ccc(Br)cc2)cc1. The molecule has 0 radical (unpaired) electrons. The standard InChI is InChI=1S/C21H24BrN2O/c1-16-6-8-17(9-7-16)21(25)15-23-14-4-2-3-5-20(23)24(21)19-12-10-18(22)11-13-19/h6-13,25H,2-5,14-15H2,1H3/q+1/t21-/m0/s1. The predicted octanol–water partition coefficient (Wildman–Crippen LogP) is 4.41. The Bertz CT molecular complexity index is 798. The maximum Gasteiger partial charge on any atom is 0.275 e. The fraction of sp³-hybridized carbons (Fsp3) is 0.381. The molecule has 0 aromatic heterocycles. The maximum absolute atomic E-state index is 11.8. The fourth-order valence-electron chi connectivity index (χ4n) is 4.02. The number of anilines is 1. The molecule has 2 aromatic rings. The highest BCUT2D eigenvalue weighted by Crippen LogP contribution is 2.38. The second kappa shape index (κ2) is 6.58. The van der Waals surface area contributed by atoms with Gasteiger partial charge in [0.2, 0.25) is 0 Å². The number of benzene rings is 2. The molecule has 2 heterocycles. The fourth-order valence-corrected chi connectivity index (χ4v) is 4.28. The van der Waals surface area contributed by atoms with Crippen molar-refractivity contribution in [3.8, 4) is 0 Å². The van der Waals surface area contributed by atoms with Crippen molar-refractivity contribution in [2.24, 2.45) is 0 Å². The van der Waals surface area contributed by atoms with Crippen LogP contribution in [0.15, 0.2) is 53.0 Å². The van der Waals surface area contributed by atoms with Crippen LogP contribution in [-0.4, -0.2) is 28.6 Å². The van der Waals surface area contributed by atoms with Crippen molar-refractivity contribution in [2.45, 2.75) is 38.3 Å². The van der Waals surface area contributed by atoms with E-state index < -0.39 is 5.72 Å². The summed E-state index contributed by atoms with van der Waals surface area (Å²) < 4.78 is 3.44. The first kappa shape index (κ1) is 16.8. The van der Waals surface area contributed by atoms with Gasteiger partial charge in [-0.2, -0.15) is 4.90 Å². The van der Waals surface area contributed by atoms with Crippen molar-refractivity contribution in [1.29, 1.82) is 0 Å². The molecule has 0 aliphatic carbocycles. The monoisotopic (exact) mass is 399 g/mol. The molecule has 1 atom stereocenters. The van der Waals surface area contributed by atoms with Gasteiger partial charge >= 0.3 is 0 Å². The second-order valence-corrected chi connectivity index (χ2v) is 8.06. The van der Waals surface area contributed by atoms with Gasteiger partial charge in [-0.05, 0) is 50.5 Å². The zero-order valence-electron chi connectivity index (χ0n) is 14.6. The van der Waals surface area contributed by atoms with Crippen LogP contribution in [0.3, 0.4) is 0 Å². The molecule has 1 N–H and O–H groups in total. The lowest BCUT2D eigenvalue weighted by molar-refractivity contribution is -0.534. The topological polar surface area (TPSA) is 26.5 Å². The van der Waals surface area contributed by atoms with Gasteiger partial charge < -0.3 is 5.11 Å². The van der Waals surface area contributed by atoms with Crippen LogP contribution in [0.4, 0.5) is 5.69 Å². The molecule has 0 spiro atoms. The van der Waals surface area contributed by atoms with Crippen LogP contribution in [0.5, 0.6) is 0 Å². The third kappa shape index (κ3) is 3.02. The Hall–Kier alpha value is -1.65. The summed E-state index contributed by atoms with van der Waals surface area (Å²) in [6.07, 6.45) is 4.66. The van der Waals surface area contributed by atoms with Crippen LogP contribution in [0.2, 0.25) is 0 Å². The Balaban J connectivity index is 1.83. The molecule has 0 fully saturated rings. The van der Waals surface area contributed by atoms with Crippen molar-refractivity contribution in [3.63, 3.8) is 0 Å². The third-order valence-electron chi connectivity index (χ3n) is 5.33. The summed E-state index contributed by atoms with van der Waals surface area (Å²) in [5, 5.41) is 11.8. The number of amidine groups is 1. The van der Waals surface area contributed by atoms with Gasteiger partial charge in [-0.1, -0.05) is 45.8 Å². The molecule has 0 unspecified atom stereocenters. The van der Waals surface area contributed by atoms with Gasteiger partial charge in [-0.15, -0.1) is 0 Å². The molecule has 2 aliphatic rings. The summed E-state index contributed by atoms with van der Waals surface area (Å²) in [4.78, 5) is 2.16. The van der Waals surface area contributed by atoms with E-state index in [0.717, 1.165) is 28.7 Å². The Labute approximate surface area is 157 Å². The van der Waals surface area contributed by atoms with Gasteiger partial charge in [0.15, 0.2) is 6.54 Å². The van der Waals surface area contributed by atoms with Crippen molar-refractivity contribution >= 4 is 27.5 Å². The van der Waals surface area contributed by atoms with Gasteiger partial charge in [-0.25, -0.2) is 0 Å². The molecule has 0 saturated carbocycles. The maximum atomic E-state index is 11.8. The molecule has 3 nitrogen and oxygen atoms in total. The van der Waals surface area contributed by atoms with E-state index in [4.69, 9.17) is 0 Å². The summed E-state index contributed by atoms with van der Waals surface area (Å²) in [5.41, 5.74) is 2.20. The van der Waals surface area contributed by atoms with E-state index in [1.807, 2.05) is 12.1 Å². The van der Waals surface area contributed by atoms with E-state index in [2.05, 4.69) is 68.7 Å². The molecular formula is C21H24BrN2O+. The van der Waals surface area contributed by atoms with E-state index in [1.54, 1.807) is 0 Å². The van der Waals surface area contributed by atoms with Crippen LogP contribution in [0.25, 0.3) is 0 Å². The van der Waals surface area contributed by atoms with Crippen molar-refractivity contribution < 1.29 is 9.68 Å². The first-order chi connectivity index (χ1) is 12.1. The minimum absolute atomic E-state index is 0.626. The largest absolute Gasteiger partial charge is 0.346 e. The van der Waals surface area contributed by atoms with Crippen LogP contribution >= 0.6 is 15.9 Å². The first-order valence-corrected chi connectivity index (χ1v) is 9.83. The molecule has 130 valence electrons. The van der Waals surface area contributed by atoms with Crippen LogP contribution in [-0.2, 0) is 5.72 Å². The molecular weight excluding hydrogens is 376 g/mol. The molecule has 4 heteroatoms. The zero-order valence-corrected chi connectivity index (χ0v) is 16.2. The number of aliphatic hydroxyl groups is 1. The molecule has 2 aliphatic heterocycles. The molecule has 2 aromatic carbocycles. The van der Waals surface area contributed by atoms with Gasteiger partial charge in [0, 0.05) is 16.5 Å². The zero-order chi connectivity index (χ0) is 17.4. The van der Waals surface area contributed by atoms with Crippen LogP contribution in [0.1, 0.15) is 36.8 Å². The number of nitrogens with zero attached hydrogens (tertiary/aromatic N) is 2. The van der Waals surface area contributed by atoms with E-state index in [9.17, 15) is 5.11 Å². The van der Waals surface area contributed by atoms with Gasteiger partial charge in [0.1, 0.15) is 5.69 Å². The predicted molar refractivity (Wildman–Crippen MR) is 105 cm³/mol. The van der Waals surface area contributed by atoms with E-state index in [1.165, 1.54) is 30.7 Å². The summed E-state index contributed by atoms with van der Waals surface area (Å²) in [7, 11) is 0. The lowest BCUT2D eigenvalue weighted by atomic mass is 9.99. The van der Waals surface area contributed by atoms with Crippen molar-refractivity contribution in [2.75, 3.05) is 18.0 Å². The lowest BCUT2D eigenvalue weighted by Crippen LogP contribution is -2.47. The van der Waals surface area contributed by atoms with E-state index in [0.29, 0.717) is 6.54 Å². The molecule has 4 rings (SSSR count). The number of rotatable bonds is 2. The number of aryl methyl sites for hydroxylation is 1. The minimum atomic E-state index is -1.02. The number of hydrogen-bond donors (Lipinski definition) is 1. The molecule has 0 amide bonds. The Morgan fingerprint density at radius 2 is 1.72 bits per heavy atom. The average molecular weight is 400 g/mol. The Morgan fingerprint density at radius 1 is 1.00 bits per heavy atom. The van der Waals surface area contributed by atoms with Crippen LogP contribution in [0, 0.1) is 6.92 Å². The quantitative estimate of drug-likeness (QED) is 0.756. The number of halogens is 1. The lowest BCUT2D eigenvalue weighted by Gasteiger charge is -2.29. The highest BCUT2D eigenvalue weighted by molar-refractivity contribution is 9.10. The van der Waals surface area contributed by atoms with Crippen molar-refractivity contribution in [1.82, 2.24) is 0 Å². The Kier molecular flexibility index (Phi) is 4.42. The van der Waals surface area contributed by atoms with E-state index in [-0.39, 0.29) is 0 Å². The minimum Gasteiger partial charge on any atom is -0.346 e. The third-order valence-corrected chi connectivity index (χ3v) is 5.86. The summed E-state index contributed by atoms with van der Waals surface area (Å²) in [5.74, 6) is 1.25.